The van der Waals surface area contributed by atoms with Gasteiger partial charge in [0, 0.05) is 6.04 Å². The molecule has 1 amide bonds. The maximum Gasteiger partial charge on any atom is 0.407 e. The molecule has 2 aliphatic heterocycles. The maximum atomic E-state index is 11.5. The Hall–Kier alpha value is -1.44. The number of unbranched alkanes of at least 4 members (excludes halogenated alkanes) is 1. The van der Waals surface area contributed by atoms with Crippen LogP contribution in [0.3, 0.4) is 0 Å². The Morgan fingerprint density at radius 2 is 2.41 bits per heavy atom. The van der Waals surface area contributed by atoms with Gasteiger partial charge in [0.15, 0.2) is 6.19 Å². The van der Waals surface area contributed by atoms with Crippen LogP contribution in [0.25, 0.3) is 0 Å². The Morgan fingerprint density at radius 1 is 1.59 bits per heavy atom. The number of fused-ring (bicyclic) bond motifs is 2. The molecule has 3 atom stereocenters. The quantitative estimate of drug-likeness (QED) is 0.595. The molecule has 0 aliphatic carbocycles. The van der Waals surface area contributed by atoms with Gasteiger partial charge in [0.25, 0.3) is 0 Å². The molecule has 17 heavy (non-hydrogen) atoms. The molecule has 2 rings (SSSR count). The summed E-state index contributed by atoms with van der Waals surface area (Å²) in [5, 5.41) is 11.9. The van der Waals surface area contributed by atoms with Crippen molar-refractivity contribution >= 4 is 6.09 Å². The number of nitriles is 1. The van der Waals surface area contributed by atoms with Gasteiger partial charge in [-0.3, -0.25) is 0 Å². The highest BCUT2D eigenvalue weighted by Gasteiger charge is 2.46. The van der Waals surface area contributed by atoms with E-state index in [-0.39, 0.29) is 18.2 Å². The summed E-state index contributed by atoms with van der Waals surface area (Å²) in [6.07, 6.45) is 6.74. The Balaban J connectivity index is 1.78. The SMILES string of the molecule is CCCCOC(=O)N[C@H]1C[C@H]2CC[C@@H]1N2C#N. The lowest BCUT2D eigenvalue weighted by atomic mass is 9.96. The molecule has 2 aliphatic rings. The van der Waals surface area contributed by atoms with Crippen molar-refractivity contribution in [2.24, 2.45) is 0 Å². The molecule has 94 valence electrons. The first-order chi connectivity index (χ1) is 8.26. The number of hydrogen-bond donors (Lipinski definition) is 1. The first-order valence-corrected chi connectivity index (χ1v) is 6.37. The van der Waals surface area contributed by atoms with Gasteiger partial charge in [0.05, 0.1) is 18.7 Å². The van der Waals surface area contributed by atoms with E-state index in [9.17, 15) is 4.79 Å². The van der Waals surface area contributed by atoms with Gasteiger partial charge >= 0.3 is 6.09 Å². The van der Waals surface area contributed by atoms with E-state index >= 15 is 0 Å². The molecule has 2 saturated heterocycles. The molecule has 0 aromatic carbocycles. The van der Waals surface area contributed by atoms with Crippen LogP contribution >= 0.6 is 0 Å². The second-order valence-electron chi connectivity index (χ2n) is 4.78. The molecule has 1 N–H and O–H groups in total. The van der Waals surface area contributed by atoms with Gasteiger partial charge in [-0.25, -0.2) is 4.79 Å². The zero-order chi connectivity index (χ0) is 12.3. The summed E-state index contributed by atoms with van der Waals surface area (Å²) in [5.41, 5.74) is 0. The highest BCUT2D eigenvalue weighted by atomic mass is 16.5. The van der Waals surface area contributed by atoms with Crippen LogP contribution < -0.4 is 5.32 Å². The number of carbonyl (C=O) groups excluding carboxylic acids is 1. The fourth-order valence-electron chi connectivity index (χ4n) is 2.80. The lowest BCUT2D eigenvalue weighted by molar-refractivity contribution is 0.138. The molecule has 2 fully saturated rings. The zero-order valence-corrected chi connectivity index (χ0v) is 10.2. The van der Waals surface area contributed by atoms with Gasteiger partial charge in [0.2, 0.25) is 0 Å². The van der Waals surface area contributed by atoms with E-state index in [4.69, 9.17) is 10.00 Å². The summed E-state index contributed by atoms with van der Waals surface area (Å²) in [7, 11) is 0. The molecule has 5 heteroatoms. The number of ether oxygens (including phenoxy) is 1. The minimum absolute atomic E-state index is 0.0857. The Bertz CT molecular complexity index is 326. The summed E-state index contributed by atoms with van der Waals surface area (Å²) in [6.45, 7) is 2.53. The van der Waals surface area contributed by atoms with Gasteiger partial charge in [-0.2, -0.15) is 5.26 Å². The van der Waals surface area contributed by atoms with E-state index in [0.29, 0.717) is 12.6 Å². The van der Waals surface area contributed by atoms with Crippen LogP contribution in [0.4, 0.5) is 4.79 Å². The lowest BCUT2D eigenvalue weighted by Gasteiger charge is -2.21. The second kappa shape index (κ2) is 5.26. The van der Waals surface area contributed by atoms with Gasteiger partial charge in [0.1, 0.15) is 0 Å². The molecule has 5 nitrogen and oxygen atoms in total. The third kappa shape index (κ3) is 2.46. The molecule has 0 unspecified atom stereocenters. The van der Waals surface area contributed by atoms with Crippen molar-refractivity contribution in [3.63, 3.8) is 0 Å². The fourth-order valence-corrected chi connectivity index (χ4v) is 2.80. The van der Waals surface area contributed by atoms with Crippen LogP contribution in [0.1, 0.15) is 39.0 Å². The number of hydrogen-bond acceptors (Lipinski definition) is 4. The molecule has 2 heterocycles. The summed E-state index contributed by atoms with van der Waals surface area (Å²) in [5.74, 6) is 0. The summed E-state index contributed by atoms with van der Waals surface area (Å²) in [4.78, 5) is 13.3. The summed E-state index contributed by atoms with van der Waals surface area (Å²) < 4.78 is 5.07. The molecular weight excluding hydrogens is 218 g/mol. The number of rotatable bonds is 4. The van der Waals surface area contributed by atoms with Crippen molar-refractivity contribution in [3.8, 4) is 6.19 Å². The molecular formula is C12H19N3O2. The molecule has 0 spiro atoms. The number of carbonyl (C=O) groups is 1. The minimum Gasteiger partial charge on any atom is -0.450 e. The van der Waals surface area contributed by atoms with E-state index in [1.807, 2.05) is 4.90 Å². The van der Waals surface area contributed by atoms with Crippen LogP contribution in [0.2, 0.25) is 0 Å². The number of amides is 1. The van der Waals surface area contributed by atoms with Gasteiger partial charge < -0.3 is 15.0 Å². The van der Waals surface area contributed by atoms with E-state index in [0.717, 1.165) is 32.1 Å². The topological polar surface area (TPSA) is 65.4 Å². The van der Waals surface area contributed by atoms with Crippen molar-refractivity contribution in [1.82, 2.24) is 10.2 Å². The van der Waals surface area contributed by atoms with Crippen LogP contribution in [0, 0.1) is 11.5 Å². The molecule has 0 radical (unpaired) electrons. The lowest BCUT2D eigenvalue weighted by Crippen LogP contribution is -2.43. The van der Waals surface area contributed by atoms with Gasteiger partial charge in [-0.1, -0.05) is 13.3 Å². The largest absolute Gasteiger partial charge is 0.450 e. The van der Waals surface area contributed by atoms with E-state index in [1.165, 1.54) is 0 Å². The van der Waals surface area contributed by atoms with Gasteiger partial charge in [-0.05, 0) is 25.7 Å². The monoisotopic (exact) mass is 237 g/mol. The van der Waals surface area contributed by atoms with Crippen molar-refractivity contribution < 1.29 is 9.53 Å². The van der Waals surface area contributed by atoms with Crippen LogP contribution in [-0.2, 0) is 4.74 Å². The van der Waals surface area contributed by atoms with Crippen LogP contribution in [-0.4, -0.2) is 35.7 Å². The highest BCUT2D eigenvalue weighted by Crippen LogP contribution is 2.36. The average Bonchev–Trinajstić information content (AvgIpc) is 2.85. The normalized spacial score (nSPS) is 30.1. The van der Waals surface area contributed by atoms with Crippen molar-refractivity contribution in [2.45, 2.75) is 57.2 Å². The van der Waals surface area contributed by atoms with Crippen molar-refractivity contribution in [1.29, 1.82) is 5.26 Å². The van der Waals surface area contributed by atoms with E-state index in [2.05, 4.69) is 18.4 Å². The zero-order valence-electron chi connectivity index (χ0n) is 10.2. The van der Waals surface area contributed by atoms with Crippen molar-refractivity contribution in [2.75, 3.05) is 6.61 Å². The Kier molecular flexibility index (Phi) is 3.72. The van der Waals surface area contributed by atoms with E-state index < -0.39 is 0 Å². The standard InChI is InChI=1S/C12H19N3O2/c1-2-3-6-17-12(16)14-10-7-9-4-5-11(10)15(9)8-13/h9-11H,2-7H2,1H3,(H,14,16)/t9-,10+,11+/m1/s1. The molecule has 0 aromatic heterocycles. The highest BCUT2D eigenvalue weighted by molar-refractivity contribution is 5.67. The van der Waals surface area contributed by atoms with Crippen molar-refractivity contribution in [3.05, 3.63) is 0 Å². The number of nitrogens with zero attached hydrogens (tertiary/aromatic N) is 2. The van der Waals surface area contributed by atoms with Crippen LogP contribution in [0.15, 0.2) is 0 Å². The maximum absolute atomic E-state index is 11.5. The Morgan fingerprint density at radius 3 is 3.06 bits per heavy atom. The molecule has 0 aromatic rings. The number of alkyl carbamates (subject to hydrolysis) is 1. The third-order valence-electron chi connectivity index (χ3n) is 3.69. The Labute approximate surface area is 102 Å². The fraction of sp³-hybridized carbons (Fsp3) is 0.833. The van der Waals surface area contributed by atoms with Gasteiger partial charge in [-0.15, -0.1) is 0 Å². The predicted octanol–water partition coefficient (Wildman–Crippen LogP) is 1.60. The third-order valence-corrected chi connectivity index (χ3v) is 3.69. The first-order valence-electron chi connectivity index (χ1n) is 6.37. The van der Waals surface area contributed by atoms with E-state index in [1.54, 1.807) is 0 Å². The second-order valence-corrected chi connectivity index (χ2v) is 4.78. The molecule has 0 saturated carbocycles. The minimum atomic E-state index is -0.339. The smallest absolute Gasteiger partial charge is 0.407 e. The number of nitrogens with one attached hydrogen (secondary N) is 1. The predicted molar refractivity (Wildman–Crippen MR) is 62.1 cm³/mol. The average molecular weight is 237 g/mol. The molecule has 2 bridgehead atoms. The summed E-state index contributed by atoms with van der Waals surface area (Å²) in [6, 6.07) is 0.595. The summed E-state index contributed by atoms with van der Waals surface area (Å²) >= 11 is 0. The van der Waals surface area contributed by atoms with Crippen LogP contribution in [0.5, 0.6) is 0 Å². The first kappa shape index (κ1) is 12.0.